The number of hydrogen-bond acceptors (Lipinski definition) is 4. The van der Waals surface area contributed by atoms with Crippen molar-refractivity contribution in [3.05, 3.63) is 88.4 Å². The van der Waals surface area contributed by atoms with Crippen LogP contribution in [0.25, 0.3) is 11.0 Å². The number of fused-ring (bicyclic) bond motifs is 5. The molecule has 2 aromatic carbocycles. The molecule has 0 amide bonds. The number of imidazole rings is 1. The Balaban J connectivity index is 1.16. The Labute approximate surface area is 210 Å². The van der Waals surface area contributed by atoms with Crippen molar-refractivity contribution in [1.82, 2.24) is 14.5 Å². The summed E-state index contributed by atoms with van der Waals surface area (Å²) in [6.07, 6.45) is 5.59. The molecule has 6 heteroatoms. The lowest BCUT2D eigenvalue weighted by atomic mass is 9.85. The van der Waals surface area contributed by atoms with Gasteiger partial charge in [0.2, 0.25) is 5.88 Å². The van der Waals surface area contributed by atoms with Crippen LogP contribution in [0.1, 0.15) is 65.5 Å². The predicted molar refractivity (Wildman–Crippen MR) is 136 cm³/mol. The van der Waals surface area contributed by atoms with Crippen molar-refractivity contribution >= 4 is 17.0 Å². The van der Waals surface area contributed by atoms with Crippen molar-refractivity contribution in [3.63, 3.8) is 0 Å². The van der Waals surface area contributed by atoms with Gasteiger partial charge in [-0.15, -0.1) is 0 Å². The van der Waals surface area contributed by atoms with Crippen LogP contribution in [0.5, 0.6) is 5.88 Å². The Morgan fingerprint density at radius 3 is 2.83 bits per heavy atom. The van der Waals surface area contributed by atoms with Crippen molar-refractivity contribution in [1.29, 1.82) is 0 Å². The molecular weight excluding hydrogens is 450 g/mol. The summed E-state index contributed by atoms with van der Waals surface area (Å²) < 4.78 is 8.26. The van der Waals surface area contributed by atoms with Crippen LogP contribution in [-0.4, -0.2) is 25.6 Å². The van der Waals surface area contributed by atoms with Crippen molar-refractivity contribution in [2.24, 2.45) is 18.9 Å². The van der Waals surface area contributed by atoms with E-state index < -0.39 is 5.97 Å². The molecule has 3 aliphatic rings. The fraction of sp³-hybridized carbons (Fsp3) is 0.367. The van der Waals surface area contributed by atoms with Gasteiger partial charge in [-0.2, -0.15) is 0 Å². The van der Waals surface area contributed by atoms with E-state index in [1.54, 1.807) is 0 Å². The molecule has 0 saturated heterocycles. The first kappa shape index (κ1) is 21.6. The summed E-state index contributed by atoms with van der Waals surface area (Å²) in [5, 5.41) is 9.35. The van der Waals surface area contributed by atoms with Gasteiger partial charge in [-0.3, -0.25) is 4.79 Å². The van der Waals surface area contributed by atoms with E-state index in [0.29, 0.717) is 18.4 Å². The van der Waals surface area contributed by atoms with Gasteiger partial charge < -0.3 is 14.4 Å². The van der Waals surface area contributed by atoms with Gasteiger partial charge >= 0.3 is 5.97 Å². The van der Waals surface area contributed by atoms with Gasteiger partial charge in [0.1, 0.15) is 6.61 Å². The topological polar surface area (TPSA) is 77.2 Å². The number of carbonyl (C=O) groups is 1. The average Bonchev–Trinajstić information content (AvgIpc) is 3.11. The van der Waals surface area contributed by atoms with Crippen LogP contribution in [0.3, 0.4) is 0 Å². The lowest BCUT2D eigenvalue weighted by Crippen LogP contribution is -2.12. The maximum absolute atomic E-state index is 11.4. The first-order chi connectivity index (χ1) is 17.3. The van der Waals surface area contributed by atoms with Gasteiger partial charge in [-0.1, -0.05) is 44.2 Å². The van der Waals surface area contributed by atoms with E-state index in [-0.39, 0.29) is 23.2 Å². The highest BCUT2D eigenvalue weighted by molar-refractivity contribution is 5.81. The van der Waals surface area contributed by atoms with Crippen LogP contribution in [0, 0.1) is 11.8 Å². The Morgan fingerprint density at radius 2 is 2.00 bits per heavy atom. The highest BCUT2D eigenvalue weighted by atomic mass is 16.5. The summed E-state index contributed by atoms with van der Waals surface area (Å²) in [5.41, 5.74) is 9.85. The maximum atomic E-state index is 11.4. The third-order valence-electron chi connectivity index (χ3n) is 8.73. The van der Waals surface area contributed by atoms with E-state index in [2.05, 4.69) is 71.8 Å². The highest BCUT2D eigenvalue weighted by Crippen LogP contribution is 2.61. The number of hydrogen-bond donors (Lipinski definition) is 1. The van der Waals surface area contributed by atoms with Crippen molar-refractivity contribution in [3.8, 4) is 5.88 Å². The smallest absolute Gasteiger partial charge is 0.307 e. The number of rotatable bonds is 5. The fourth-order valence-corrected chi connectivity index (χ4v) is 6.98. The minimum Gasteiger partial charge on any atom is -0.481 e. The summed E-state index contributed by atoms with van der Waals surface area (Å²) in [5.74, 6) is 0.371. The third-order valence-corrected chi connectivity index (χ3v) is 8.73. The van der Waals surface area contributed by atoms with E-state index >= 15 is 0 Å². The number of aromatic nitrogens is 3. The SMILES string of the molecule is Cn1cnc2cccc(C3CC(C)(C)c4ccc(COc5cc6c(cn5)[C@@H]5C(C(=O)O)[C@@H]5C6)cc43)c21. The van der Waals surface area contributed by atoms with Crippen molar-refractivity contribution in [2.75, 3.05) is 0 Å². The molecule has 2 aromatic heterocycles. The molecule has 0 spiro atoms. The van der Waals surface area contributed by atoms with Gasteiger partial charge in [0, 0.05) is 31.1 Å². The lowest BCUT2D eigenvalue weighted by molar-refractivity contribution is -0.139. The average molecular weight is 480 g/mol. The molecule has 0 aliphatic heterocycles. The van der Waals surface area contributed by atoms with E-state index in [1.165, 1.54) is 27.8 Å². The Bertz CT molecular complexity index is 1550. The highest BCUT2D eigenvalue weighted by Gasteiger charge is 2.60. The zero-order chi connectivity index (χ0) is 24.8. The second kappa shape index (κ2) is 7.42. The zero-order valence-electron chi connectivity index (χ0n) is 20.7. The summed E-state index contributed by atoms with van der Waals surface area (Å²) in [7, 11) is 2.07. The Kier molecular flexibility index (Phi) is 4.45. The molecule has 0 bridgehead atoms. The second-order valence-corrected chi connectivity index (χ2v) is 11.4. The third kappa shape index (κ3) is 3.13. The standard InChI is InChI=1S/C30H29N3O3/c1-30(2)12-21(18-5-4-6-24-28(18)33(3)15-32-24)19-9-16(7-8-23(19)30)14-36-25-11-17-10-20-26(22(17)13-31-25)27(20)29(34)35/h4-9,11,13,15,20-21,26-27H,10,12,14H2,1-3H3,(H,34,35)/t20-,21?,26-,27?/m1/s1. The number of nitrogens with zero attached hydrogens (tertiary/aromatic N) is 3. The molecule has 7 rings (SSSR count). The summed E-state index contributed by atoms with van der Waals surface area (Å²) in [6.45, 7) is 5.12. The maximum Gasteiger partial charge on any atom is 0.307 e. The van der Waals surface area contributed by atoms with E-state index in [9.17, 15) is 9.90 Å². The minimum absolute atomic E-state index is 0.0936. The quantitative estimate of drug-likeness (QED) is 0.419. The largest absolute Gasteiger partial charge is 0.481 e. The molecular formula is C30H29N3O3. The molecule has 1 N–H and O–H groups in total. The molecule has 2 unspecified atom stereocenters. The minimum atomic E-state index is -0.686. The van der Waals surface area contributed by atoms with E-state index in [1.807, 2.05) is 18.6 Å². The van der Waals surface area contributed by atoms with Crippen LogP contribution in [0.15, 0.2) is 55.0 Å². The normalized spacial score (nSPS) is 24.9. The summed E-state index contributed by atoms with van der Waals surface area (Å²) >= 11 is 0. The first-order valence-corrected chi connectivity index (χ1v) is 12.7. The monoisotopic (exact) mass is 479 g/mol. The van der Waals surface area contributed by atoms with Crippen molar-refractivity contribution < 1.29 is 14.6 Å². The number of carboxylic acids is 1. The number of para-hydroxylation sites is 1. The summed E-state index contributed by atoms with van der Waals surface area (Å²) in [4.78, 5) is 20.4. The number of aliphatic carboxylic acids is 1. The molecule has 3 aliphatic carbocycles. The predicted octanol–water partition coefficient (Wildman–Crippen LogP) is 5.33. The van der Waals surface area contributed by atoms with Gasteiger partial charge in [0.25, 0.3) is 0 Å². The van der Waals surface area contributed by atoms with Crippen LogP contribution in [0.4, 0.5) is 0 Å². The number of pyridine rings is 1. The van der Waals surface area contributed by atoms with Gasteiger partial charge in [-0.25, -0.2) is 9.97 Å². The van der Waals surface area contributed by atoms with Crippen LogP contribution in [0.2, 0.25) is 0 Å². The number of benzene rings is 2. The molecule has 1 fully saturated rings. The van der Waals surface area contributed by atoms with Crippen LogP contribution >= 0.6 is 0 Å². The van der Waals surface area contributed by atoms with Crippen molar-refractivity contribution in [2.45, 2.75) is 50.5 Å². The van der Waals surface area contributed by atoms with Gasteiger partial charge in [0.15, 0.2) is 0 Å². The first-order valence-electron chi connectivity index (χ1n) is 12.7. The van der Waals surface area contributed by atoms with E-state index in [0.717, 1.165) is 29.5 Å². The number of carboxylic acid groups (broad SMARTS) is 1. The van der Waals surface area contributed by atoms with E-state index in [4.69, 9.17) is 4.74 Å². The molecule has 0 radical (unpaired) electrons. The Morgan fingerprint density at radius 1 is 1.14 bits per heavy atom. The van der Waals surface area contributed by atoms with Gasteiger partial charge in [-0.05, 0) is 63.6 Å². The molecule has 182 valence electrons. The molecule has 4 aromatic rings. The molecule has 2 heterocycles. The molecule has 36 heavy (non-hydrogen) atoms. The fourth-order valence-electron chi connectivity index (χ4n) is 6.98. The molecule has 6 nitrogen and oxygen atoms in total. The molecule has 4 atom stereocenters. The lowest BCUT2D eigenvalue weighted by Gasteiger charge is -2.19. The van der Waals surface area contributed by atoms with Crippen LogP contribution in [-0.2, 0) is 30.3 Å². The number of ether oxygens (including phenoxy) is 1. The van der Waals surface area contributed by atoms with Gasteiger partial charge in [0.05, 0.1) is 23.3 Å². The molecule has 1 saturated carbocycles. The number of aryl methyl sites for hydroxylation is 1. The zero-order valence-corrected chi connectivity index (χ0v) is 20.7. The second-order valence-electron chi connectivity index (χ2n) is 11.4. The summed E-state index contributed by atoms with van der Waals surface area (Å²) in [6, 6.07) is 15.2. The van der Waals surface area contributed by atoms with Crippen LogP contribution < -0.4 is 4.74 Å². The Hall–Kier alpha value is -3.67.